The van der Waals surface area contributed by atoms with Crippen molar-refractivity contribution >= 4 is 17.5 Å². The van der Waals surface area contributed by atoms with Gasteiger partial charge in [-0.3, -0.25) is 19.5 Å². The highest BCUT2D eigenvalue weighted by molar-refractivity contribution is 6.30. The number of H-pyrrole nitrogens is 1. The Morgan fingerprint density at radius 2 is 2.09 bits per heavy atom. The number of halogens is 1. The molecule has 0 radical (unpaired) electrons. The molecular formula is C15H16ClN3O3. The molecule has 0 aliphatic heterocycles. The maximum atomic E-state index is 11.9. The monoisotopic (exact) mass is 321 g/mol. The zero-order chi connectivity index (χ0) is 16.1. The first kappa shape index (κ1) is 16.0. The van der Waals surface area contributed by atoms with Crippen LogP contribution >= 0.6 is 11.6 Å². The topological polar surface area (TPSA) is 84.0 Å². The van der Waals surface area contributed by atoms with Crippen LogP contribution in [0.3, 0.4) is 0 Å². The molecule has 116 valence electrons. The van der Waals surface area contributed by atoms with E-state index >= 15 is 0 Å². The fourth-order valence-corrected chi connectivity index (χ4v) is 2.33. The van der Waals surface area contributed by atoms with E-state index in [4.69, 9.17) is 11.6 Å². The lowest BCUT2D eigenvalue weighted by Crippen LogP contribution is -2.40. The summed E-state index contributed by atoms with van der Waals surface area (Å²) in [4.78, 5) is 34.6. The van der Waals surface area contributed by atoms with Gasteiger partial charge in [0, 0.05) is 23.2 Å². The molecule has 2 N–H and O–H groups in total. The predicted octanol–water partition coefficient (Wildman–Crippen LogP) is 0.937. The average Bonchev–Trinajstić information content (AvgIpc) is 2.42. The van der Waals surface area contributed by atoms with Crippen molar-refractivity contribution in [2.24, 2.45) is 0 Å². The van der Waals surface area contributed by atoms with Gasteiger partial charge in [0.15, 0.2) is 0 Å². The molecule has 1 amide bonds. The minimum absolute atomic E-state index is 0.128. The van der Waals surface area contributed by atoms with E-state index < -0.39 is 11.1 Å². The van der Waals surface area contributed by atoms with E-state index in [1.54, 1.807) is 6.07 Å². The molecule has 7 heteroatoms. The van der Waals surface area contributed by atoms with Crippen molar-refractivity contribution in [1.29, 1.82) is 0 Å². The van der Waals surface area contributed by atoms with Gasteiger partial charge in [0.2, 0.25) is 5.91 Å². The van der Waals surface area contributed by atoms with Crippen molar-refractivity contribution in [2.75, 3.05) is 0 Å². The van der Waals surface area contributed by atoms with Crippen LogP contribution in [0.5, 0.6) is 0 Å². The molecular weight excluding hydrogens is 306 g/mol. The summed E-state index contributed by atoms with van der Waals surface area (Å²) in [6.45, 7) is 1.63. The standard InChI is InChI=1S/C15H16ClN3O3/c1-10(7-11-3-2-4-12(16)8-11)17-14(21)9-19-15(22)6-5-13(20)18-19/h2-6,8,10H,7,9H2,1H3,(H,17,21)(H,18,20)/t10-/m0/s1. The second kappa shape index (κ2) is 7.09. The lowest BCUT2D eigenvalue weighted by molar-refractivity contribution is -0.122. The van der Waals surface area contributed by atoms with Crippen LogP contribution in [0.4, 0.5) is 0 Å². The number of hydrogen-bond acceptors (Lipinski definition) is 3. The van der Waals surface area contributed by atoms with Crippen molar-refractivity contribution in [3.63, 3.8) is 0 Å². The Balaban J connectivity index is 1.95. The first-order valence-electron chi connectivity index (χ1n) is 6.78. The van der Waals surface area contributed by atoms with E-state index in [0.717, 1.165) is 22.4 Å². The third-order valence-electron chi connectivity index (χ3n) is 3.03. The summed E-state index contributed by atoms with van der Waals surface area (Å²) in [6, 6.07) is 9.52. The molecule has 1 atom stereocenters. The second-order valence-electron chi connectivity index (χ2n) is 5.04. The molecule has 0 spiro atoms. The second-order valence-corrected chi connectivity index (χ2v) is 5.47. The normalized spacial score (nSPS) is 11.9. The maximum absolute atomic E-state index is 11.9. The Morgan fingerprint density at radius 1 is 1.32 bits per heavy atom. The number of nitrogens with one attached hydrogen (secondary N) is 2. The fourth-order valence-electron chi connectivity index (χ4n) is 2.11. The van der Waals surface area contributed by atoms with Gasteiger partial charge < -0.3 is 5.32 Å². The van der Waals surface area contributed by atoms with Crippen molar-refractivity contribution in [2.45, 2.75) is 25.9 Å². The van der Waals surface area contributed by atoms with E-state index in [-0.39, 0.29) is 18.5 Å². The molecule has 2 aromatic rings. The third-order valence-corrected chi connectivity index (χ3v) is 3.26. The van der Waals surface area contributed by atoms with Crippen molar-refractivity contribution in [3.05, 3.63) is 67.7 Å². The molecule has 1 aromatic heterocycles. The summed E-state index contributed by atoms with van der Waals surface area (Å²) in [5, 5.41) is 5.73. The van der Waals surface area contributed by atoms with Crippen molar-refractivity contribution in [1.82, 2.24) is 15.1 Å². The number of amides is 1. The SMILES string of the molecule is C[C@@H](Cc1cccc(Cl)c1)NC(=O)Cn1[nH]c(=O)ccc1=O. The van der Waals surface area contributed by atoms with Gasteiger partial charge in [-0.1, -0.05) is 23.7 Å². The molecule has 0 saturated heterocycles. The van der Waals surface area contributed by atoms with Gasteiger partial charge in [-0.2, -0.15) is 0 Å². The molecule has 1 heterocycles. The van der Waals surface area contributed by atoms with E-state index in [0.29, 0.717) is 11.4 Å². The molecule has 2 rings (SSSR count). The number of carbonyl (C=O) groups is 1. The molecule has 0 aliphatic rings. The van der Waals surface area contributed by atoms with E-state index in [9.17, 15) is 14.4 Å². The van der Waals surface area contributed by atoms with Crippen LogP contribution in [-0.4, -0.2) is 21.7 Å². The van der Waals surface area contributed by atoms with E-state index in [1.807, 2.05) is 25.1 Å². The molecule has 1 aromatic carbocycles. The summed E-state index contributed by atoms with van der Waals surface area (Å²) >= 11 is 5.91. The van der Waals surface area contributed by atoms with Crippen LogP contribution in [0.2, 0.25) is 5.02 Å². The predicted molar refractivity (Wildman–Crippen MR) is 84.1 cm³/mol. The van der Waals surface area contributed by atoms with Gasteiger partial charge in [0.25, 0.3) is 11.1 Å². The number of nitrogens with zero attached hydrogens (tertiary/aromatic N) is 1. The Bertz CT molecular complexity index is 782. The number of aromatic nitrogens is 2. The minimum atomic E-state index is -0.433. The lowest BCUT2D eigenvalue weighted by atomic mass is 10.1. The minimum Gasteiger partial charge on any atom is -0.352 e. The first-order valence-corrected chi connectivity index (χ1v) is 7.16. The van der Waals surface area contributed by atoms with Crippen molar-refractivity contribution in [3.8, 4) is 0 Å². The quantitative estimate of drug-likeness (QED) is 0.859. The van der Waals surface area contributed by atoms with Gasteiger partial charge >= 0.3 is 0 Å². The van der Waals surface area contributed by atoms with Crippen LogP contribution in [0, 0.1) is 0 Å². The number of aromatic amines is 1. The summed E-state index contributed by atoms with van der Waals surface area (Å²) in [5.41, 5.74) is 0.141. The van der Waals surface area contributed by atoms with E-state index in [2.05, 4.69) is 10.4 Å². The molecule has 22 heavy (non-hydrogen) atoms. The smallest absolute Gasteiger partial charge is 0.265 e. The zero-order valence-corrected chi connectivity index (χ0v) is 12.8. The van der Waals surface area contributed by atoms with Crippen LogP contribution in [0.25, 0.3) is 0 Å². The Morgan fingerprint density at radius 3 is 2.82 bits per heavy atom. The summed E-state index contributed by atoms with van der Waals surface area (Å²) in [5.74, 6) is -0.349. The highest BCUT2D eigenvalue weighted by Gasteiger charge is 2.10. The van der Waals surface area contributed by atoms with Gasteiger partial charge in [-0.25, -0.2) is 4.68 Å². The number of rotatable bonds is 5. The molecule has 0 bridgehead atoms. The summed E-state index contributed by atoms with van der Waals surface area (Å²) in [7, 11) is 0. The number of hydrogen-bond donors (Lipinski definition) is 2. The number of carbonyl (C=O) groups excluding carboxylic acids is 1. The van der Waals surface area contributed by atoms with E-state index in [1.165, 1.54) is 0 Å². The van der Waals surface area contributed by atoms with Crippen LogP contribution in [0.1, 0.15) is 12.5 Å². The third kappa shape index (κ3) is 4.60. The number of benzene rings is 1. The first-order chi connectivity index (χ1) is 10.4. The van der Waals surface area contributed by atoms with Crippen LogP contribution in [-0.2, 0) is 17.8 Å². The highest BCUT2D eigenvalue weighted by atomic mass is 35.5. The zero-order valence-electron chi connectivity index (χ0n) is 12.0. The molecule has 0 unspecified atom stereocenters. The molecule has 6 nitrogen and oxygen atoms in total. The molecule has 0 aliphatic carbocycles. The molecule has 0 fully saturated rings. The largest absolute Gasteiger partial charge is 0.352 e. The molecule has 0 saturated carbocycles. The summed E-state index contributed by atoms with van der Waals surface area (Å²) < 4.78 is 0.976. The lowest BCUT2D eigenvalue weighted by Gasteiger charge is -2.14. The summed E-state index contributed by atoms with van der Waals surface area (Å²) in [6.07, 6.45) is 0.618. The highest BCUT2D eigenvalue weighted by Crippen LogP contribution is 2.12. The Hall–Kier alpha value is -2.34. The van der Waals surface area contributed by atoms with Gasteiger partial charge in [-0.05, 0) is 31.0 Å². The average molecular weight is 322 g/mol. The van der Waals surface area contributed by atoms with Crippen molar-refractivity contribution < 1.29 is 4.79 Å². The van der Waals surface area contributed by atoms with Crippen LogP contribution < -0.4 is 16.4 Å². The van der Waals surface area contributed by atoms with Gasteiger partial charge in [0.05, 0.1) is 0 Å². The maximum Gasteiger partial charge on any atom is 0.265 e. The van der Waals surface area contributed by atoms with Gasteiger partial charge in [0.1, 0.15) is 6.54 Å². The fraction of sp³-hybridized carbons (Fsp3) is 0.267. The van der Waals surface area contributed by atoms with Gasteiger partial charge in [-0.15, -0.1) is 0 Å². The Kier molecular flexibility index (Phi) is 5.16. The Labute approximate surface area is 131 Å². The van der Waals surface area contributed by atoms with Crippen LogP contribution in [0.15, 0.2) is 46.0 Å².